The number of urea groups is 1. The maximum absolute atomic E-state index is 12.1. The first-order valence-electron chi connectivity index (χ1n) is 7.95. The smallest absolute Gasteiger partial charge is 0.317 e. The Balaban J connectivity index is 1.75. The maximum Gasteiger partial charge on any atom is 0.317 e. The van der Waals surface area contributed by atoms with E-state index in [2.05, 4.69) is 24.5 Å². The molecule has 0 atom stereocenters. The second kappa shape index (κ2) is 7.82. The number of hydrogen-bond acceptors (Lipinski definition) is 2. The third kappa shape index (κ3) is 4.76. The largest absolute Gasteiger partial charge is 0.349 e. The van der Waals surface area contributed by atoms with Gasteiger partial charge in [0.15, 0.2) is 0 Å². The minimum Gasteiger partial charge on any atom is -0.349 e. The molecule has 1 fully saturated rings. The summed E-state index contributed by atoms with van der Waals surface area (Å²) < 4.78 is 0. The fraction of sp³-hybridized carbons (Fsp3) is 0.529. The SMILES string of the molecule is CC(C)CNC(=O)N1CCC(NC(=O)c2ccccc2)CC1. The minimum absolute atomic E-state index is 0.00142. The lowest BCUT2D eigenvalue weighted by atomic mass is 10.0. The number of nitrogens with zero attached hydrogens (tertiary/aromatic N) is 1. The van der Waals surface area contributed by atoms with Gasteiger partial charge in [-0.25, -0.2) is 4.79 Å². The first-order chi connectivity index (χ1) is 10.6. The molecule has 0 bridgehead atoms. The summed E-state index contributed by atoms with van der Waals surface area (Å²) in [5, 5.41) is 5.98. The molecule has 0 saturated carbocycles. The lowest BCUT2D eigenvalue weighted by Crippen LogP contribution is -2.49. The Bertz CT molecular complexity index is 494. The molecule has 22 heavy (non-hydrogen) atoms. The predicted octanol–water partition coefficient (Wildman–Crippen LogP) is 2.25. The van der Waals surface area contributed by atoms with E-state index in [4.69, 9.17) is 0 Å². The van der Waals surface area contributed by atoms with E-state index in [-0.39, 0.29) is 18.0 Å². The van der Waals surface area contributed by atoms with Crippen molar-refractivity contribution in [2.75, 3.05) is 19.6 Å². The van der Waals surface area contributed by atoms with Gasteiger partial charge < -0.3 is 15.5 Å². The average Bonchev–Trinajstić information content (AvgIpc) is 2.54. The van der Waals surface area contributed by atoms with Crippen LogP contribution >= 0.6 is 0 Å². The number of amides is 3. The number of carbonyl (C=O) groups excluding carboxylic acids is 2. The molecule has 0 aliphatic carbocycles. The Morgan fingerprint density at radius 3 is 2.41 bits per heavy atom. The van der Waals surface area contributed by atoms with E-state index >= 15 is 0 Å². The number of likely N-dealkylation sites (tertiary alicyclic amines) is 1. The maximum atomic E-state index is 12.1. The molecular weight excluding hydrogens is 278 g/mol. The van der Waals surface area contributed by atoms with Crippen molar-refractivity contribution < 1.29 is 9.59 Å². The number of piperidine rings is 1. The number of hydrogen-bond donors (Lipinski definition) is 2. The number of rotatable bonds is 4. The molecule has 0 unspecified atom stereocenters. The van der Waals surface area contributed by atoms with Crippen molar-refractivity contribution in [1.29, 1.82) is 0 Å². The molecule has 1 aromatic rings. The van der Waals surface area contributed by atoms with Crippen LogP contribution < -0.4 is 10.6 Å². The van der Waals surface area contributed by atoms with Gasteiger partial charge in [-0.2, -0.15) is 0 Å². The second-order valence-electron chi connectivity index (χ2n) is 6.18. The lowest BCUT2D eigenvalue weighted by Gasteiger charge is -2.32. The molecule has 1 heterocycles. The Morgan fingerprint density at radius 1 is 1.18 bits per heavy atom. The summed E-state index contributed by atoms with van der Waals surface area (Å²) in [6.07, 6.45) is 1.60. The van der Waals surface area contributed by atoms with Crippen molar-refractivity contribution in [3.63, 3.8) is 0 Å². The summed E-state index contributed by atoms with van der Waals surface area (Å²) in [5.41, 5.74) is 0.680. The summed E-state index contributed by atoms with van der Waals surface area (Å²) in [5.74, 6) is 0.412. The molecule has 120 valence electrons. The second-order valence-corrected chi connectivity index (χ2v) is 6.18. The van der Waals surface area contributed by atoms with Crippen LogP contribution in [0.1, 0.15) is 37.0 Å². The van der Waals surface area contributed by atoms with Crippen LogP contribution in [0.3, 0.4) is 0 Å². The molecule has 3 amide bonds. The first kappa shape index (κ1) is 16.3. The zero-order valence-corrected chi connectivity index (χ0v) is 13.3. The topological polar surface area (TPSA) is 61.4 Å². The van der Waals surface area contributed by atoms with E-state index < -0.39 is 0 Å². The Labute approximate surface area is 132 Å². The van der Waals surface area contributed by atoms with Gasteiger partial charge in [0, 0.05) is 31.2 Å². The van der Waals surface area contributed by atoms with Crippen LogP contribution in [0.15, 0.2) is 30.3 Å². The number of benzene rings is 1. The van der Waals surface area contributed by atoms with Crippen molar-refractivity contribution in [1.82, 2.24) is 15.5 Å². The van der Waals surface area contributed by atoms with Gasteiger partial charge in [0.25, 0.3) is 5.91 Å². The molecular formula is C17H25N3O2. The van der Waals surface area contributed by atoms with Crippen LogP contribution in [0.4, 0.5) is 4.79 Å². The van der Waals surface area contributed by atoms with Gasteiger partial charge >= 0.3 is 6.03 Å². The third-order valence-corrected chi connectivity index (χ3v) is 3.81. The normalized spacial score (nSPS) is 15.7. The molecule has 1 saturated heterocycles. The van der Waals surface area contributed by atoms with Crippen molar-refractivity contribution in [2.24, 2.45) is 5.92 Å². The van der Waals surface area contributed by atoms with Gasteiger partial charge in [0.1, 0.15) is 0 Å². The summed E-state index contributed by atoms with van der Waals surface area (Å²) in [4.78, 5) is 25.9. The number of nitrogens with one attached hydrogen (secondary N) is 2. The van der Waals surface area contributed by atoms with E-state index in [1.165, 1.54) is 0 Å². The summed E-state index contributed by atoms with van der Waals surface area (Å²) in [7, 11) is 0. The van der Waals surface area contributed by atoms with Crippen LogP contribution in [0.5, 0.6) is 0 Å². The molecule has 0 radical (unpaired) electrons. The van der Waals surface area contributed by atoms with Crippen molar-refractivity contribution in [3.05, 3.63) is 35.9 Å². The van der Waals surface area contributed by atoms with Crippen LogP contribution in [-0.2, 0) is 0 Å². The third-order valence-electron chi connectivity index (χ3n) is 3.81. The Morgan fingerprint density at radius 2 is 1.82 bits per heavy atom. The van der Waals surface area contributed by atoms with Crippen molar-refractivity contribution in [3.8, 4) is 0 Å². The zero-order valence-electron chi connectivity index (χ0n) is 13.3. The van der Waals surface area contributed by atoms with Crippen LogP contribution in [0.2, 0.25) is 0 Å². The summed E-state index contributed by atoms with van der Waals surface area (Å²) in [6, 6.07) is 9.37. The highest BCUT2D eigenvalue weighted by atomic mass is 16.2. The van der Waals surface area contributed by atoms with Gasteiger partial charge in [0.2, 0.25) is 0 Å². The predicted molar refractivity (Wildman–Crippen MR) is 86.7 cm³/mol. The van der Waals surface area contributed by atoms with Gasteiger partial charge in [-0.3, -0.25) is 4.79 Å². The summed E-state index contributed by atoms with van der Waals surface area (Å²) >= 11 is 0. The van der Waals surface area contributed by atoms with E-state index in [9.17, 15) is 9.59 Å². The highest BCUT2D eigenvalue weighted by molar-refractivity contribution is 5.94. The van der Waals surface area contributed by atoms with Gasteiger partial charge in [-0.05, 0) is 30.9 Å². The van der Waals surface area contributed by atoms with E-state index in [1.54, 1.807) is 0 Å². The van der Waals surface area contributed by atoms with Gasteiger partial charge in [0.05, 0.1) is 0 Å². The Kier molecular flexibility index (Phi) is 5.81. The minimum atomic E-state index is -0.0386. The monoisotopic (exact) mass is 303 g/mol. The fourth-order valence-corrected chi connectivity index (χ4v) is 2.49. The Hall–Kier alpha value is -2.04. The molecule has 1 aromatic carbocycles. The van der Waals surface area contributed by atoms with E-state index in [0.717, 1.165) is 12.8 Å². The van der Waals surface area contributed by atoms with Crippen molar-refractivity contribution >= 4 is 11.9 Å². The van der Waals surface area contributed by atoms with Crippen LogP contribution in [0, 0.1) is 5.92 Å². The number of carbonyl (C=O) groups is 2. The van der Waals surface area contributed by atoms with E-state index in [0.29, 0.717) is 31.1 Å². The molecule has 2 rings (SSSR count). The molecule has 1 aliphatic rings. The average molecular weight is 303 g/mol. The quantitative estimate of drug-likeness (QED) is 0.896. The fourth-order valence-electron chi connectivity index (χ4n) is 2.49. The molecule has 2 N–H and O–H groups in total. The first-order valence-corrected chi connectivity index (χ1v) is 7.95. The van der Waals surface area contributed by atoms with Crippen LogP contribution in [0.25, 0.3) is 0 Å². The van der Waals surface area contributed by atoms with Gasteiger partial charge in [-0.15, -0.1) is 0 Å². The zero-order chi connectivity index (χ0) is 15.9. The van der Waals surface area contributed by atoms with Gasteiger partial charge in [-0.1, -0.05) is 32.0 Å². The molecule has 1 aliphatic heterocycles. The van der Waals surface area contributed by atoms with Crippen molar-refractivity contribution in [2.45, 2.75) is 32.7 Å². The van der Waals surface area contributed by atoms with Crippen LogP contribution in [-0.4, -0.2) is 42.5 Å². The highest BCUT2D eigenvalue weighted by Crippen LogP contribution is 2.11. The lowest BCUT2D eigenvalue weighted by molar-refractivity contribution is 0.0918. The molecule has 0 spiro atoms. The standard InChI is InChI=1S/C17H25N3O2/c1-13(2)12-18-17(22)20-10-8-15(9-11-20)19-16(21)14-6-4-3-5-7-14/h3-7,13,15H,8-12H2,1-2H3,(H,18,22)(H,19,21). The van der Waals surface area contributed by atoms with E-state index in [1.807, 2.05) is 35.2 Å². The molecule has 5 heteroatoms. The molecule has 5 nitrogen and oxygen atoms in total. The molecule has 0 aromatic heterocycles. The highest BCUT2D eigenvalue weighted by Gasteiger charge is 2.23. The summed E-state index contributed by atoms with van der Waals surface area (Å²) in [6.45, 7) is 6.22.